The number of rotatable bonds is 1. The lowest BCUT2D eigenvalue weighted by Crippen LogP contribution is -2.12. The summed E-state index contributed by atoms with van der Waals surface area (Å²) >= 11 is 0. The Morgan fingerprint density at radius 2 is 1.46 bits per heavy atom. The molecule has 5 nitrogen and oxygen atoms in total. The summed E-state index contributed by atoms with van der Waals surface area (Å²) < 4.78 is 1.61. The number of nitro benzene ring substituents is 1. The molecule has 0 N–H and O–H groups in total. The lowest BCUT2D eigenvalue weighted by molar-refractivity contribution is -0.383. The van der Waals surface area contributed by atoms with Gasteiger partial charge in [-0.2, -0.15) is 0 Å². The van der Waals surface area contributed by atoms with Gasteiger partial charge in [-0.1, -0.05) is 42.5 Å². The summed E-state index contributed by atoms with van der Waals surface area (Å²) in [5.74, 6) is 0. The Kier molecular flexibility index (Phi) is 2.33. The molecule has 114 valence electrons. The van der Waals surface area contributed by atoms with Gasteiger partial charge in [0.05, 0.1) is 21.3 Å². The first-order chi connectivity index (χ1) is 11.7. The molecule has 5 heteroatoms. The van der Waals surface area contributed by atoms with Gasteiger partial charge < -0.3 is 0 Å². The number of non-ortho nitro benzene ring substituents is 1. The Labute approximate surface area is 134 Å². The fraction of sp³-hybridized carbons (Fsp3) is 0. The second-order valence-electron chi connectivity index (χ2n) is 5.82. The molecule has 0 bridgehead atoms. The van der Waals surface area contributed by atoms with Crippen LogP contribution in [0.25, 0.3) is 38.0 Å². The third kappa shape index (κ3) is 1.41. The number of fused-ring (bicyclic) bond motifs is 5. The molecule has 0 aliphatic heterocycles. The average molecular weight is 314 g/mol. The van der Waals surface area contributed by atoms with Gasteiger partial charge in [0, 0.05) is 22.2 Å². The highest BCUT2D eigenvalue weighted by atomic mass is 16.6. The SMILES string of the molecule is O=c1c2ccccc2c2cccc3c4c([N+](=O)[O-])cccc4n1c23. The van der Waals surface area contributed by atoms with Crippen molar-refractivity contribution in [1.82, 2.24) is 4.40 Å². The number of aromatic nitrogens is 1. The zero-order chi connectivity index (χ0) is 16.4. The van der Waals surface area contributed by atoms with Crippen LogP contribution in [-0.4, -0.2) is 9.32 Å². The first-order valence-electron chi connectivity index (χ1n) is 7.53. The zero-order valence-corrected chi connectivity index (χ0v) is 12.4. The van der Waals surface area contributed by atoms with E-state index in [4.69, 9.17) is 0 Å². The Morgan fingerprint density at radius 1 is 0.792 bits per heavy atom. The normalized spacial score (nSPS) is 11.8. The Bertz CT molecular complexity index is 1350. The fourth-order valence-corrected chi connectivity index (χ4v) is 3.70. The molecule has 2 aromatic heterocycles. The van der Waals surface area contributed by atoms with Gasteiger partial charge in [-0.25, -0.2) is 0 Å². The highest BCUT2D eigenvalue weighted by Gasteiger charge is 2.22. The minimum Gasteiger partial charge on any atom is -0.275 e. The highest BCUT2D eigenvalue weighted by Crippen LogP contribution is 2.37. The largest absolute Gasteiger partial charge is 0.279 e. The van der Waals surface area contributed by atoms with Crippen LogP contribution in [0.3, 0.4) is 0 Å². The van der Waals surface area contributed by atoms with Crippen LogP contribution in [0, 0.1) is 10.1 Å². The predicted molar refractivity (Wildman–Crippen MR) is 94.0 cm³/mol. The quantitative estimate of drug-likeness (QED) is 0.266. The summed E-state index contributed by atoms with van der Waals surface area (Å²) in [7, 11) is 0. The lowest BCUT2D eigenvalue weighted by Gasteiger charge is -2.05. The van der Waals surface area contributed by atoms with Crippen molar-refractivity contribution in [2.24, 2.45) is 0 Å². The van der Waals surface area contributed by atoms with E-state index >= 15 is 0 Å². The maximum Gasteiger partial charge on any atom is 0.279 e. The molecule has 5 aromatic rings. The molecule has 3 aromatic carbocycles. The standard InChI is InChI=1S/C19H10N2O3/c22-19-13-6-2-1-5-11(13)12-7-3-8-14-17-15(20(19)18(12)14)9-4-10-16(17)21(23)24/h1-10H. The second kappa shape index (κ2) is 4.29. The van der Waals surface area contributed by atoms with Crippen molar-refractivity contribution in [3.8, 4) is 0 Å². The molecule has 0 atom stereocenters. The van der Waals surface area contributed by atoms with Crippen molar-refractivity contribution < 1.29 is 4.92 Å². The number of benzene rings is 3. The molecule has 5 rings (SSSR count). The van der Waals surface area contributed by atoms with Crippen LogP contribution >= 0.6 is 0 Å². The van der Waals surface area contributed by atoms with E-state index in [0.717, 1.165) is 21.7 Å². The van der Waals surface area contributed by atoms with Crippen LogP contribution < -0.4 is 5.56 Å². The molecule has 0 saturated heterocycles. The van der Waals surface area contributed by atoms with Crippen molar-refractivity contribution in [1.29, 1.82) is 0 Å². The van der Waals surface area contributed by atoms with Gasteiger partial charge in [0.2, 0.25) is 0 Å². The molecule has 0 aliphatic carbocycles. The molecular weight excluding hydrogens is 304 g/mol. The maximum absolute atomic E-state index is 13.0. The van der Waals surface area contributed by atoms with Crippen LogP contribution in [0.2, 0.25) is 0 Å². The van der Waals surface area contributed by atoms with E-state index in [0.29, 0.717) is 16.3 Å². The summed E-state index contributed by atoms with van der Waals surface area (Å²) in [5, 5.41) is 15.1. The molecule has 0 unspecified atom stereocenters. The van der Waals surface area contributed by atoms with E-state index in [1.54, 1.807) is 22.6 Å². The van der Waals surface area contributed by atoms with Gasteiger partial charge in [-0.15, -0.1) is 0 Å². The van der Waals surface area contributed by atoms with Crippen molar-refractivity contribution in [2.45, 2.75) is 0 Å². The monoisotopic (exact) mass is 314 g/mol. The first-order valence-corrected chi connectivity index (χ1v) is 7.53. The molecule has 0 saturated carbocycles. The summed E-state index contributed by atoms with van der Waals surface area (Å²) in [5.41, 5.74) is 1.19. The summed E-state index contributed by atoms with van der Waals surface area (Å²) in [6, 6.07) is 18.0. The van der Waals surface area contributed by atoms with Crippen molar-refractivity contribution in [3.63, 3.8) is 0 Å². The zero-order valence-electron chi connectivity index (χ0n) is 12.4. The summed E-state index contributed by atoms with van der Waals surface area (Å²) in [4.78, 5) is 24.1. The molecule has 0 radical (unpaired) electrons. The number of hydrogen-bond acceptors (Lipinski definition) is 3. The highest BCUT2D eigenvalue weighted by molar-refractivity contribution is 6.22. The van der Waals surface area contributed by atoms with Crippen LogP contribution in [-0.2, 0) is 0 Å². The van der Waals surface area contributed by atoms with Crippen LogP contribution in [0.5, 0.6) is 0 Å². The van der Waals surface area contributed by atoms with Gasteiger partial charge in [-0.3, -0.25) is 19.3 Å². The third-order valence-corrected chi connectivity index (χ3v) is 4.64. The lowest BCUT2D eigenvalue weighted by atomic mass is 10.0. The second-order valence-corrected chi connectivity index (χ2v) is 5.82. The molecule has 0 amide bonds. The summed E-state index contributed by atoms with van der Waals surface area (Å²) in [6.07, 6.45) is 0. The van der Waals surface area contributed by atoms with Gasteiger partial charge in [0.1, 0.15) is 0 Å². The maximum atomic E-state index is 13.0. The molecule has 24 heavy (non-hydrogen) atoms. The van der Waals surface area contributed by atoms with E-state index in [1.807, 2.05) is 36.4 Å². The smallest absolute Gasteiger partial charge is 0.275 e. The minimum absolute atomic E-state index is 0.0205. The Hall–Kier alpha value is -3.47. The topological polar surface area (TPSA) is 64.6 Å². The van der Waals surface area contributed by atoms with Gasteiger partial charge in [0.15, 0.2) is 0 Å². The van der Waals surface area contributed by atoms with Gasteiger partial charge in [0.25, 0.3) is 11.2 Å². The number of pyridine rings is 1. The van der Waals surface area contributed by atoms with Crippen LogP contribution in [0.15, 0.2) is 65.5 Å². The van der Waals surface area contributed by atoms with E-state index < -0.39 is 4.92 Å². The molecule has 0 spiro atoms. The molecule has 0 fully saturated rings. The van der Waals surface area contributed by atoms with E-state index in [-0.39, 0.29) is 11.2 Å². The molecular formula is C19H10N2O3. The molecule has 0 aliphatic rings. The van der Waals surface area contributed by atoms with Crippen LogP contribution in [0.4, 0.5) is 5.69 Å². The third-order valence-electron chi connectivity index (χ3n) is 4.64. The van der Waals surface area contributed by atoms with Crippen LogP contribution in [0.1, 0.15) is 0 Å². The number of hydrogen-bond donors (Lipinski definition) is 0. The van der Waals surface area contributed by atoms with E-state index in [2.05, 4.69) is 0 Å². The van der Waals surface area contributed by atoms with Crippen molar-refractivity contribution in [2.75, 3.05) is 0 Å². The van der Waals surface area contributed by atoms with E-state index in [1.165, 1.54) is 6.07 Å². The van der Waals surface area contributed by atoms with Gasteiger partial charge >= 0.3 is 0 Å². The predicted octanol–water partition coefficient (Wildman–Crippen LogP) is 4.11. The van der Waals surface area contributed by atoms with Gasteiger partial charge in [-0.05, 0) is 17.5 Å². The minimum atomic E-state index is -0.395. The fourth-order valence-electron chi connectivity index (χ4n) is 3.70. The Balaban J connectivity index is 2.26. The van der Waals surface area contributed by atoms with Crippen molar-refractivity contribution >= 4 is 43.7 Å². The first kappa shape index (κ1) is 13.0. The van der Waals surface area contributed by atoms with E-state index in [9.17, 15) is 14.9 Å². The summed E-state index contributed by atoms with van der Waals surface area (Å²) in [6.45, 7) is 0. The number of para-hydroxylation sites is 1. The Morgan fingerprint density at radius 3 is 2.25 bits per heavy atom. The number of nitro groups is 1. The number of nitrogens with zero attached hydrogens (tertiary/aromatic N) is 2. The molecule has 2 heterocycles. The van der Waals surface area contributed by atoms with Crippen molar-refractivity contribution in [3.05, 3.63) is 81.1 Å². The average Bonchev–Trinajstić information content (AvgIpc) is 2.95.